The van der Waals surface area contributed by atoms with E-state index in [2.05, 4.69) is 0 Å². The largest absolute Gasteiger partial charge is 0.362 e. The number of ketones is 4. The van der Waals surface area contributed by atoms with Gasteiger partial charge in [0.25, 0.3) is 0 Å². The van der Waals surface area contributed by atoms with Crippen LogP contribution in [0, 0.1) is 11.8 Å². The summed E-state index contributed by atoms with van der Waals surface area (Å²) >= 11 is 0. The zero-order chi connectivity index (χ0) is 24.3. The van der Waals surface area contributed by atoms with Gasteiger partial charge in [0.1, 0.15) is 25.4 Å². The van der Waals surface area contributed by atoms with Gasteiger partial charge in [-0.15, -0.1) is 0 Å². The van der Waals surface area contributed by atoms with Crippen LogP contribution in [0.1, 0.15) is 87.9 Å². The van der Waals surface area contributed by atoms with Crippen LogP contribution in [0.15, 0.2) is 24.3 Å². The molecule has 32 heavy (non-hydrogen) atoms. The van der Waals surface area contributed by atoms with Crippen molar-refractivity contribution in [2.45, 2.75) is 79.4 Å². The van der Waals surface area contributed by atoms with Gasteiger partial charge in [0.05, 0.1) is 0 Å². The number of hydrogen-bond acceptors (Lipinski definition) is 6. The maximum atomic E-state index is 12.6. The lowest BCUT2D eigenvalue weighted by Crippen LogP contribution is -2.28. The van der Waals surface area contributed by atoms with Crippen LogP contribution in [0.2, 0.25) is 0 Å². The molecule has 0 amide bonds. The van der Waals surface area contributed by atoms with E-state index in [0.717, 1.165) is 0 Å². The zero-order valence-electron chi connectivity index (χ0n) is 20.3. The first-order valence-electron chi connectivity index (χ1n) is 11.5. The first kappa shape index (κ1) is 27.9. The van der Waals surface area contributed by atoms with Gasteiger partial charge in [0, 0.05) is 24.0 Å². The molecule has 0 saturated heterocycles. The molecule has 0 aromatic heterocycles. The Morgan fingerprint density at radius 3 is 1.41 bits per heavy atom. The molecule has 0 saturated carbocycles. The summed E-state index contributed by atoms with van der Waals surface area (Å²) in [4.78, 5) is 49.4. The SMILES string of the molecule is CCC(=O)C(CC(C)C)OCC(=O)c1cccc(C(=O)COC(CC(C)C)C(=O)CC)c1. The van der Waals surface area contributed by atoms with Crippen molar-refractivity contribution in [3.8, 4) is 0 Å². The fraction of sp³-hybridized carbons (Fsp3) is 0.615. The summed E-state index contributed by atoms with van der Waals surface area (Å²) in [7, 11) is 0. The van der Waals surface area contributed by atoms with E-state index in [9.17, 15) is 19.2 Å². The molecule has 6 nitrogen and oxygen atoms in total. The average Bonchev–Trinajstić information content (AvgIpc) is 2.77. The monoisotopic (exact) mass is 446 g/mol. The van der Waals surface area contributed by atoms with Gasteiger partial charge >= 0.3 is 0 Å². The second-order valence-electron chi connectivity index (χ2n) is 8.93. The average molecular weight is 447 g/mol. The molecule has 1 aromatic carbocycles. The Kier molecular flexibility index (Phi) is 12.2. The minimum absolute atomic E-state index is 0.0230. The number of rotatable bonds is 16. The van der Waals surface area contributed by atoms with Crippen LogP contribution < -0.4 is 0 Å². The molecule has 1 rings (SSSR count). The van der Waals surface area contributed by atoms with Gasteiger partial charge in [-0.2, -0.15) is 0 Å². The lowest BCUT2D eigenvalue weighted by Gasteiger charge is -2.18. The van der Waals surface area contributed by atoms with Crippen LogP contribution in [0.4, 0.5) is 0 Å². The second-order valence-corrected chi connectivity index (χ2v) is 8.93. The molecule has 0 aliphatic heterocycles. The van der Waals surface area contributed by atoms with Crippen molar-refractivity contribution in [3.63, 3.8) is 0 Å². The first-order valence-corrected chi connectivity index (χ1v) is 11.5. The van der Waals surface area contributed by atoms with Gasteiger partial charge in [-0.1, -0.05) is 59.7 Å². The Bertz CT molecular complexity index is 719. The maximum Gasteiger partial charge on any atom is 0.188 e. The first-order chi connectivity index (χ1) is 15.1. The van der Waals surface area contributed by atoms with E-state index >= 15 is 0 Å². The third-order valence-electron chi connectivity index (χ3n) is 5.12. The van der Waals surface area contributed by atoms with E-state index in [-0.39, 0.29) is 48.2 Å². The zero-order valence-corrected chi connectivity index (χ0v) is 20.3. The molecule has 0 N–H and O–H groups in total. The van der Waals surface area contributed by atoms with Crippen LogP contribution >= 0.6 is 0 Å². The Morgan fingerprint density at radius 1 is 0.719 bits per heavy atom. The Labute approximate surface area is 192 Å². The van der Waals surface area contributed by atoms with E-state index in [4.69, 9.17) is 9.47 Å². The van der Waals surface area contributed by atoms with Gasteiger partial charge in [0.2, 0.25) is 0 Å². The summed E-state index contributed by atoms with van der Waals surface area (Å²) in [5.41, 5.74) is 0.679. The summed E-state index contributed by atoms with van der Waals surface area (Å²) in [6.45, 7) is 11.1. The number of Topliss-reactive ketones (excluding diaryl/α,β-unsaturated/α-hetero) is 4. The second kappa shape index (κ2) is 14.1. The summed E-state index contributed by atoms with van der Waals surface area (Å²) in [6.07, 6.45) is 0.627. The highest BCUT2D eigenvalue weighted by molar-refractivity contribution is 6.02. The van der Waals surface area contributed by atoms with Crippen LogP contribution in [0.25, 0.3) is 0 Å². The maximum absolute atomic E-state index is 12.6. The van der Waals surface area contributed by atoms with E-state index in [1.54, 1.807) is 32.0 Å². The van der Waals surface area contributed by atoms with Crippen molar-refractivity contribution < 1.29 is 28.7 Å². The number of benzene rings is 1. The lowest BCUT2D eigenvalue weighted by molar-refractivity contribution is -0.131. The van der Waals surface area contributed by atoms with Gasteiger partial charge in [-0.3, -0.25) is 19.2 Å². The summed E-state index contributed by atoms with van der Waals surface area (Å²) in [6, 6.07) is 6.37. The highest BCUT2D eigenvalue weighted by Gasteiger charge is 2.22. The molecule has 0 bridgehead atoms. The molecular formula is C26H38O6. The number of carbonyl (C=O) groups is 4. The normalized spacial score (nSPS) is 13.2. The Balaban J connectivity index is 2.78. The predicted molar refractivity (Wildman–Crippen MR) is 124 cm³/mol. The molecule has 0 heterocycles. The fourth-order valence-corrected chi connectivity index (χ4v) is 3.28. The van der Waals surface area contributed by atoms with Crippen molar-refractivity contribution >= 4 is 23.1 Å². The molecule has 2 atom stereocenters. The van der Waals surface area contributed by atoms with Gasteiger partial charge in [-0.25, -0.2) is 0 Å². The summed E-state index contributed by atoms with van der Waals surface area (Å²) < 4.78 is 11.3. The molecule has 178 valence electrons. The molecule has 0 fully saturated rings. The van der Waals surface area contributed by atoms with Gasteiger partial charge in [0.15, 0.2) is 23.1 Å². The molecule has 0 aliphatic rings. The topological polar surface area (TPSA) is 86.7 Å². The minimum atomic E-state index is -0.601. The molecule has 1 aromatic rings. The molecular weight excluding hydrogens is 408 g/mol. The highest BCUT2D eigenvalue weighted by Crippen LogP contribution is 2.15. The summed E-state index contributed by atoms with van der Waals surface area (Å²) in [5, 5.41) is 0. The third-order valence-corrected chi connectivity index (χ3v) is 5.12. The van der Waals surface area contributed by atoms with Crippen LogP contribution in [0.3, 0.4) is 0 Å². The fourth-order valence-electron chi connectivity index (χ4n) is 3.28. The molecule has 0 aliphatic carbocycles. The molecule has 0 spiro atoms. The lowest BCUT2D eigenvalue weighted by atomic mass is 10.0. The van der Waals surface area contributed by atoms with Crippen molar-refractivity contribution in [2.75, 3.05) is 13.2 Å². The number of carbonyl (C=O) groups excluding carboxylic acids is 4. The van der Waals surface area contributed by atoms with E-state index < -0.39 is 12.2 Å². The quantitative estimate of drug-likeness (QED) is 0.337. The van der Waals surface area contributed by atoms with Gasteiger partial charge < -0.3 is 9.47 Å². The minimum Gasteiger partial charge on any atom is -0.362 e. The Hall–Kier alpha value is -2.18. The van der Waals surface area contributed by atoms with Gasteiger partial charge in [-0.05, 0) is 30.7 Å². The van der Waals surface area contributed by atoms with Crippen molar-refractivity contribution in [1.82, 2.24) is 0 Å². The third kappa shape index (κ3) is 9.53. The van der Waals surface area contributed by atoms with Crippen LogP contribution in [-0.2, 0) is 19.1 Å². The molecule has 0 radical (unpaired) electrons. The number of ether oxygens (including phenoxy) is 2. The molecule has 6 heteroatoms. The molecule has 2 unspecified atom stereocenters. The summed E-state index contributed by atoms with van der Waals surface area (Å²) in [5.74, 6) is -0.0965. The van der Waals surface area contributed by atoms with E-state index in [1.807, 2.05) is 27.7 Å². The van der Waals surface area contributed by atoms with Crippen LogP contribution in [-0.4, -0.2) is 48.6 Å². The van der Waals surface area contributed by atoms with E-state index in [0.29, 0.717) is 36.8 Å². The van der Waals surface area contributed by atoms with Crippen molar-refractivity contribution in [1.29, 1.82) is 0 Å². The van der Waals surface area contributed by atoms with Crippen LogP contribution in [0.5, 0.6) is 0 Å². The van der Waals surface area contributed by atoms with E-state index in [1.165, 1.54) is 6.07 Å². The Morgan fingerprint density at radius 2 is 1.09 bits per heavy atom. The standard InChI is InChI=1S/C26H38O6/c1-7-21(27)25(12-17(3)4)31-15-23(29)19-10-9-11-20(14-19)24(30)16-32-26(13-18(5)6)22(28)8-2/h9-11,14,17-18,25-26H,7-8,12-13,15-16H2,1-6H3. The van der Waals surface area contributed by atoms with Crippen molar-refractivity contribution in [3.05, 3.63) is 35.4 Å². The smallest absolute Gasteiger partial charge is 0.188 e. The highest BCUT2D eigenvalue weighted by atomic mass is 16.5. The number of hydrogen-bond donors (Lipinski definition) is 0. The van der Waals surface area contributed by atoms with Crippen molar-refractivity contribution in [2.24, 2.45) is 11.8 Å². The predicted octanol–water partition coefficient (Wildman–Crippen LogP) is 4.87.